The van der Waals surface area contributed by atoms with Crippen LogP contribution in [-0.4, -0.2) is 22.2 Å². The molecule has 0 unspecified atom stereocenters. The Hall–Kier alpha value is -2.17. The summed E-state index contributed by atoms with van der Waals surface area (Å²) in [5.41, 5.74) is -0.421. The minimum Gasteiger partial charge on any atom is -0.365 e. The highest BCUT2D eigenvalue weighted by atomic mass is 35.5. The first-order valence-corrected chi connectivity index (χ1v) is 6.89. The molecule has 1 amide bonds. The van der Waals surface area contributed by atoms with Crippen molar-refractivity contribution in [2.45, 2.75) is 12.1 Å². The highest BCUT2D eigenvalue weighted by Gasteiger charge is 2.42. The average molecular weight is 301 g/mol. The van der Waals surface area contributed by atoms with Crippen molar-refractivity contribution in [1.82, 2.24) is 5.01 Å². The van der Waals surface area contributed by atoms with E-state index in [1.54, 1.807) is 48.5 Å². The van der Waals surface area contributed by atoms with Crippen LogP contribution in [0.15, 0.2) is 59.7 Å². The lowest BCUT2D eigenvalue weighted by atomic mass is 9.99. The molecule has 1 aliphatic heterocycles. The van der Waals surface area contributed by atoms with Gasteiger partial charge in [0.05, 0.1) is 0 Å². The first-order chi connectivity index (χ1) is 10.1. The number of carbonyl (C=O) groups excluding carboxylic acids is 1. The van der Waals surface area contributed by atoms with E-state index in [1.807, 2.05) is 6.07 Å². The van der Waals surface area contributed by atoms with Crippen molar-refractivity contribution in [3.63, 3.8) is 0 Å². The van der Waals surface area contributed by atoms with Crippen molar-refractivity contribution in [2.75, 3.05) is 0 Å². The number of nitrogens with zero attached hydrogens (tertiary/aromatic N) is 2. The number of aliphatic hydroxyl groups is 1. The maximum atomic E-state index is 12.5. The Morgan fingerprint density at radius 1 is 1.14 bits per heavy atom. The molecule has 0 saturated carbocycles. The summed E-state index contributed by atoms with van der Waals surface area (Å²) in [5, 5.41) is 16.6. The van der Waals surface area contributed by atoms with Crippen molar-refractivity contribution in [1.29, 1.82) is 0 Å². The molecule has 1 N–H and O–H groups in total. The molecule has 5 heteroatoms. The Labute approximate surface area is 127 Å². The van der Waals surface area contributed by atoms with Gasteiger partial charge in [0.25, 0.3) is 5.91 Å². The summed E-state index contributed by atoms with van der Waals surface area (Å²) < 4.78 is 0. The maximum absolute atomic E-state index is 12.5. The second-order valence-electron chi connectivity index (χ2n) is 4.81. The second kappa shape index (κ2) is 5.31. The number of hydrogen-bond acceptors (Lipinski definition) is 3. The number of benzene rings is 2. The van der Waals surface area contributed by atoms with Gasteiger partial charge in [-0.05, 0) is 24.3 Å². The fourth-order valence-electron chi connectivity index (χ4n) is 2.31. The highest BCUT2D eigenvalue weighted by molar-refractivity contribution is 6.30. The fourth-order valence-corrected chi connectivity index (χ4v) is 2.44. The van der Waals surface area contributed by atoms with Gasteiger partial charge in [0, 0.05) is 28.8 Å². The number of amides is 1. The quantitative estimate of drug-likeness (QED) is 0.927. The molecule has 1 aliphatic rings. The van der Waals surface area contributed by atoms with E-state index in [-0.39, 0.29) is 12.3 Å². The van der Waals surface area contributed by atoms with Crippen LogP contribution in [0, 0.1) is 0 Å². The highest BCUT2D eigenvalue weighted by Crippen LogP contribution is 2.34. The molecule has 4 nitrogen and oxygen atoms in total. The molecule has 2 aromatic carbocycles. The summed E-state index contributed by atoms with van der Waals surface area (Å²) in [6.45, 7) is 0. The Bertz CT molecular complexity index is 685. The van der Waals surface area contributed by atoms with E-state index in [0.29, 0.717) is 16.1 Å². The van der Waals surface area contributed by atoms with Gasteiger partial charge in [-0.15, -0.1) is 0 Å². The van der Waals surface area contributed by atoms with Crippen LogP contribution in [0.25, 0.3) is 0 Å². The van der Waals surface area contributed by atoms with E-state index in [0.717, 1.165) is 5.01 Å². The van der Waals surface area contributed by atoms with Crippen LogP contribution in [0.4, 0.5) is 0 Å². The van der Waals surface area contributed by atoms with Gasteiger partial charge >= 0.3 is 0 Å². The fraction of sp³-hybridized carbons (Fsp3) is 0.125. The van der Waals surface area contributed by atoms with Gasteiger partial charge < -0.3 is 5.11 Å². The van der Waals surface area contributed by atoms with Crippen LogP contribution in [0.1, 0.15) is 22.3 Å². The molecule has 2 aromatic rings. The molecule has 1 atom stereocenters. The molecule has 0 spiro atoms. The van der Waals surface area contributed by atoms with E-state index in [1.165, 1.54) is 6.21 Å². The summed E-state index contributed by atoms with van der Waals surface area (Å²) in [6.07, 6.45) is 1.78. The standard InChI is InChI=1S/C16H13ClN2O2/c17-14-8-6-13(7-9-14)16(21)10-11-18-19(16)15(20)12-4-2-1-3-5-12/h1-9,11,21H,10H2/t16-/m1/s1. The molecule has 0 aliphatic carbocycles. The number of hydrogen-bond donors (Lipinski definition) is 1. The van der Waals surface area contributed by atoms with Crippen molar-refractivity contribution in [3.8, 4) is 0 Å². The van der Waals surface area contributed by atoms with Crippen LogP contribution in [0.5, 0.6) is 0 Å². The lowest BCUT2D eigenvalue weighted by molar-refractivity contribution is -0.0764. The van der Waals surface area contributed by atoms with E-state index in [4.69, 9.17) is 11.6 Å². The topological polar surface area (TPSA) is 52.9 Å². The van der Waals surface area contributed by atoms with E-state index < -0.39 is 5.72 Å². The monoisotopic (exact) mass is 300 g/mol. The predicted octanol–water partition coefficient (Wildman–Crippen LogP) is 3.02. The van der Waals surface area contributed by atoms with Crippen molar-refractivity contribution < 1.29 is 9.90 Å². The summed E-state index contributed by atoms with van der Waals surface area (Å²) in [5.74, 6) is -0.346. The smallest absolute Gasteiger partial charge is 0.276 e. The molecule has 0 saturated heterocycles. The first-order valence-electron chi connectivity index (χ1n) is 6.52. The average Bonchev–Trinajstić information content (AvgIpc) is 2.91. The van der Waals surface area contributed by atoms with E-state index in [9.17, 15) is 9.90 Å². The molecule has 0 bridgehead atoms. The maximum Gasteiger partial charge on any atom is 0.276 e. The molecular weight excluding hydrogens is 288 g/mol. The Kier molecular flexibility index (Phi) is 3.49. The van der Waals surface area contributed by atoms with Crippen molar-refractivity contribution >= 4 is 23.7 Å². The van der Waals surface area contributed by atoms with Crippen LogP contribution in [-0.2, 0) is 5.72 Å². The van der Waals surface area contributed by atoms with Crippen LogP contribution < -0.4 is 0 Å². The van der Waals surface area contributed by atoms with Crippen LogP contribution >= 0.6 is 11.6 Å². The van der Waals surface area contributed by atoms with Crippen LogP contribution in [0.3, 0.4) is 0 Å². The van der Waals surface area contributed by atoms with E-state index >= 15 is 0 Å². The molecule has 0 fully saturated rings. The van der Waals surface area contributed by atoms with Gasteiger partial charge in [0.15, 0.2) is 5.72 Å². The predicted molar refractivity (Wildman–Crippen MR) is 81.1 cm³/mol. The van der Waals surface area contributed by atoms with Crippen molar-refractivity contribution in [3.05, 3.63) is 70.7 Å². The zero-order valence-electron chi connectivity index (χ0n) is 11.1. The Morgan fingerprint density at radius 2 is 1.81 bits per heavy atom. The lowest BCUT2D eigenvalue weighted by Crippen LogP contribution is -2.43. The van der Waals surface area contributed by atoms with Gasteiger partial charge in [0.1, 0.15) is 0 Å². The number of rotatable bonds is 2. The molecule has 106 valence electrons. The third-order valence-electron chi connectivity index (χ3n) is 3.44. The summed E-state index contributed by atoms with van der Waals surface area (Å²) >= 11 is 5.87. The zero-order valence-corrected chi connectivity index (χ0v) is 11.9. The van der Waals surface area contributed by atoms with Gasteiger partial charge in [-0.1, -0.05) is 41.9 Å². The largest absolute Gasteiger partial charge is 0.365 e. The van der Waals surface area contributed by atoms with Crippen LogP contribution in [0.2, 0.25) is 5.02 Å². The summed E-state index contributed by atoms with van der Waals surface area (Å²) in [7, 11) is 0. The molecule has 0 radical (unpaired) electrons. The normalized spacial score (nSPS) is 20.8. The SMILES string of the molecule is O=C(c1ccccc1)N1N=CC[C@@]1(O)c1ccc(Cl)cc1. The van der Waals surface area contributed by atoms with Gasteiger partial charge in [-0.25, -0.2) is 0 Å². The third kappa shape index (κ3) is 2.44. The third-order valence-corrected chi connectivity index (χ3v) is 3.70. The number of halogens is 1. The minimum atomic E-state index is -1.47. The van der Waals surface area contributed by atoms with Crippen molar-refractivity contribution in [2.24, 2.45) is 5.10 Å². The number of carbonyl (C=O) groups is 1. The van der Waals surface area contributed by atoms with Gasteiger partial charge in [0.2, 0.25) is 0 Å². The number of hydrazone groups is 1. The first kappa shape index (κ1) is 13.8. The molecule has 1 heterocycles. The van der Waals surface area contributed by atoms with Gasteiger partial charge in [-0.3, -0.25) is 4.79 Å². The Balaban J connectivity index is 1.96. The molecule has 3 rings (SSSR count). The lowest BCUT2D eigenvalue weighted by Gasteiger charge is -2.31. The van der Waals surface area contributed by atoms with Gasteiger partial charge in [-0.2, -0.15) is 10.1 Å². The zero-order chi connectivity index (χ0) is 14.9. The summed E-state index contributed by atoms with van der Waals surface area (Å²) in [4.78, 5) is 12.5. The Morgan fingerprint density at radius 3 is 2.48 bits per heavy atom. The molecule has 0 aromatic heterocycles. The molecular formula is C16H13ClN2O2. The minimum absolute atomic E-state index is 0.243. The molecule has 21 heavy (non-hydrogen) atoms. The van der Waals surface area contributed by atoms with E-state index in [2.05, 4.69) is 5.10 Å². The second-order valence-corrected chi connectivity index (χ2v) is 5.25. The summed E-state index contributed by atoms with van der Waals surface area (Å²) in [6, 6.07) is 15.5.